The number of rotatable bonds is 5. The fourth-order valence-corrected chi connectivity index (χ4v) is 6.03. The third-order valence-corrected chi connectivity index (χ3v) is 8.13. The molecule has 3 aromatic rings. The summed E-state index contributed by atoms with van der Waals surface area (Å²) in [6.45, 7) is 8.83. The first-order chi connectivity index (χ1) is 13.8. The number of hydrogen-bond donors (Lipinski definition) is 0. The summed E-state index contributed by atoms with van der Waals surface area (Å²) in [5.74, 6) is 1.67. The van der Waals surface area contributed by atoms with E-state index in [1.165, 1.54) is 0 Å². The maximum atomic E-state index is 13.0. The standard InChI is InChI=1S/C21H25N3O3S2/c1-15-4-7-20(16(2)12-15)29(25,26)24-10-8-23(9-11-24)13-18-14-28-21(22-18)19-6-5-17(3)27-19/h4-7,12,14H,8-11,13H2,1-3H3. The smallest absolute Gasteiger partial charge is 0.243 e. The number of hydrogen-bond acceptors (Lipinski definition) is 6. The van der Waals surface area contributed by atoms with Crippen LogP contribution in [0.25, 0.3) is 10.8 Å². The molecule has 0 atom stereocenters. The molecule has 3 heterocycles. The summed E-state index contributed by atoms with van der Waals surface area (Å²) >= 11 is 1.57. The zero-order valence-corrected chi connectivity index (χ0v) is 18.5. The van der Waals surface area contributed by atoms with Crippen molar-refractivity contribution in [1.82, 2.24) is 14.2 Å². The third-order valence-electron chi connectivity index (χ3n) is 5.17. The number of aromatic nitrogens is 1. The summed E-state index contributed by atoms with van der Waals surface area (Å²) in [7, 11) is -3.45. The molecule has 0 unspecified atom stereocenters. The van der Waals surface area contributed by atoms with Crippen molar-refractivity contribution < 1.29 is 12.8 Å². The lowest BCUT2D eigenvalue weighted by Crippen LogP contribution is -2.48. The highest BCUT2D eigenvalue weighted by molar-refractivity contribution is 7.89. The van der Waals surface area contributed by atoms with Gasteiger partial charge in [0.15, 0.2) is 10.8 Å². The van der Waals surface area contributed by atoms with E-state index in [0.29, 0.717) is 37.6 Å². The molecule has 6 nitrogen and oxygen atoms in total. The molecule has 1 fully saturated rings. The third kappa shape index (κ3) is 4.30. The molecule has 2 aromatic heterocycles. The molecular weight excluding hydrogens is 406 g/mol. The van der Waals surface area contributed by atoms with E-state index in [1.807, 2.05) is 50.4 Å². The SMILES string of the molecule is Cc1ccc(S(=O)(=O)N2CCN(Cc3csc(-c4ccc(C)o4)n3)CC2)c(C)c1. The van der Waals surface area contributed by atoms with Crippen molar-refractivity contribution in [3.05, 3.63) is 58.3 Å². The van der Waals surface area contributed by atoms with Gasteiger partial charge in [-0.05, 0) is 44.5 Å². The van der Waals surface area contributed by atoms with Crippen molar-refractivity contribution in [2.45, 2.75) is 32.2 Å². The minimum absolute atomic E-state index is 0.412. The Kier molecular flexibility index (Phi) is 5.61. The van der Waals surface area contributed by atoms with Crippen LogP contribution in [-0.2, 0) is 16.6 Å². The van der Waals surface area contributed by atoms with E-state index in [0.717, 1.165) is 33.3 Å². The zero-order valence-electron chi connectivity index (χ0n) is 16.9. The Balaban J connectivity index is 1.39. The molecule has 0 radical (unpaired) electrons. The van der Waals surface area contributed by atoms with Gasteiger partial charge in [0, 0.05) is 38.1 Å². The lowest BCUT2D eigenvalue weighted by atomic mass is 10.2. The van der Waals surface area contributed by atoms with Crippen LogP contribution in [0, 0.1) is 20.8 Å². The maximum Gasteiger partial charge on any atom is 0.243 e. The van der Waals surface area contributed by atoms with Gasteiger partial charge >= 0.3 is 0 Å². The average molecular weight is 432 g/mol. The van der Waals surface area contributed by atoms with Crippen LogP contribution in [0.5, 0.6) is 0 Å². The molecule has 1 aliphatic heterocycles. The van der Waals surface area contributed by atoms with Gasteiger partial charge in [-0.2, -0.15) is 4.31 Å². The molecule has 0 N–H and O–H groups in total. The van der Waals surface area contributed by atoms with Gasteiger partial charge in [-0.25, -0.2) is 13.4 Å². The van der Waals surface area contributed by atoms with Crippen LogP contribution in [0.1, 0.15) is 22.6 Å². The molecule has 0 saturated carbocycles. The van der Waals surface area contributed by atoms with E-state index >= 15 is 0 Å². The van der Waals surface area contributed by atoms with Gasteiger partial charge in [-0.15, -0.1) is 11.3 Å². The highest BCUT2D eigenvalue weighted by Crippen LogP contribution is 2.27. The average Bonchev–Trinajstić information content (AvgIpc) is 3.31. The van der Waals surface area contributed by atoms with Crippen molar-refractivity contribution in [1.29, 1.82) is 0 Å². The number of sulfonamides is 1. The number of aryl methyl sites for hydroxylation is 3. The number of furan rings is 1. The Morgan fingerprint density at radius 3 is 2.48 bits per heavy atom. The van der Waals surface area contributed by atoms with Crippen LogP contribution in [0.4, 0.5) is 0 Å². The Morgan fingerprint density at radius 1 is 1.07 bits per heavy atom. The molecule has 4 rings (SSSR count). The quantitative estimate of drug-likeness (QED) is 0.614. The molecule has 1 aliphatic rings. The van der Waals surface area contributed by atoms with E-state index < -0.39 is 10.0 Å². The van der Waals surface area contributed by atoms with Crippen LogP contribution in [-0.4, -0.2) is 48.8 Å². The highest BCUT2D eigenvalue weighted by Gasteiger charge is 2.29. The van der Waals surface area contributed by atoms with E-state index in [4.69, 9.17) is 4.42 Å². The zero-order chi connectivity index (χ0) is 20.6. The van der Waals surface area contributed by atoms with E-state index in [9.17, 15) is 8.42 Å². The fourth-order valence-electron chi connectivity index (χ4n) is 3.63. The van der Waals surface area contributed by atoms with Crippen LogP contribution < -0.4 is 0 Å². The summed E-state index contributed by atoms with van der Waals surface area (Å²) in [6.07, 6.45) is 0. The van der Waals surface area contributed by atoms with Gasteiger partial charge in [0.05, 0.1) is 10.6 Å². The Morgan fingerprint density at radius 2 is 1.83 bits per heavy atom. The summed E-state index contributed by atoms with van der Waals surface area (Å²) in [5, 5.41) is 2.93. The van der Waals surface area contributed by atoms with Crippen molar-refractivity contribution in [2.75, 3.05) is 26.2 Å². The van der Waals surface area contributed by atoms with Crippen LogP contribution >= 0.6 is 11.3 Å². The molecule has 8 heteroatoms. The second-order valence-corrected chi connectivity index (χ2v) is 10.3. The molecule has 154 valence electrons. The monoisotopic (exact) mass is 431 g/mol. The first kappa shape index (κ1) is 20.3. The lowest BCUT2D eigenvalue weighted by Gasteiger charge is -2.33. The van der Waals surface area contributed by atoms with Crippen molar-refractivity contribution in [2.24, 2.45) is 0 Å². The largest absolute Gasteiger partial charge is 0.459 e. The minimum atomic E-state index is -3.45. The number of nitrogens with zero attached hydrogens (tertiary/aromatic N) is 3. The Labute approximate surface area is 175 Å². The molecular formula is C21H25N3O3S2. The van der Waals surface area contributed by atoms with Gasteiger partial charge in [0.1, 0.15) is 5.76 Å². The fraction of sp³-hybridized carbons (Fsp3) is 0.381. The maximum absolute atomic E-state index is 13.0. The van der Waals surface area contributed by atoms with E-state index in [-0.39, 0.29) is 0 Å². The molecule has 1 aromatic carbocycles. The first-order valence-electron chi connectivity index (χ1n) is 9.64. The summed E-state index contributed by atoms with van der Waals surface area (Å²) in [6, 6.07) is 9.37. The normalized spacial score (nSPS) is 16.4. The summed E-state index contributed by atoms with van der Waals surface area (Å²) in [4.78, 5) is 7.34. The van der Waals surface area contributed by atoms with Crippen molar-refractivity contribution in [3.8, 4) is 10.8 Å². The summed E-state index contributed by atoms with van der Waals surface area (Å²) in [5.41, 5.74) is 2.86. The van der Waals surface area contributed by atoms with E-state index in [1.54, 1.807) is 21.7 Å². The molecule has 29 heavy (non-hydrogen) atoms. The number of benzene rings is 1. The van der Waals surface area contributed by atoms with Crippen LogP contribution in [0.15, 0.2) is 45.0 Å². The van der Waals surface area contributed by atoms with Crippen molar-refractivity contribution >= 4 is 21.4 Å². The number of piperazine rings is 1. The van der Waals surface area contributed by atoms with E-state index in [2.05, 4.69) is 9.88 Å². The number of thiazole rings is 1. The van der Waals surface area contributed by atoms with Crippen LogP contribution in [0.3, 0.4) is 0 Å². The second-order valence-electron chi connectivity index (χ2n) is 7.50. The predicted molar refractivity (Wildman–Crippen MR) is 115 cm³/mol. The second kappa shape index (κ2) is 8.02. The van der Waals surface area contributed by atoms with Crippen LogP contribution in [0.2, 0.25) is 0 Å². The predicted octanol–water partition coefficient (Wildman–Crippen LogP) is 3.83. The van der Waals surface area contributed by atoms with Gasteiger partial charge in [-0.3, -0.25) is 4.90 Å². The lowest BCUT2D eigenvalue weighted by molar-refractivity contribution is 0.180. The van der Waals surface area contributed by atoms with Crippen molar-refractivity contribution in [3.63, 3.8) is 0 Å². The Bertz CT molecular complexity index is 1110. The molecule has 0 aliphatic carbocycles. The van der Waals surface area contributed by atoms with Gasteiger partial charge in [0.25, 0.3) is 0 Å². The topological polar surface area (TPSA) is 66.7 Å². The highest BCUT2D eigenvalue weighted by atomic mass is 32.2. The molecule has 0 spiro atoms. The molecule has 1 saturated heterocycles. The Hall–Kier alpha value is -2.00. The van der Waals surface area contributed by atoms with Gasteiger partial charge in [-0.1, -0.05) is 17.7 Å². The minimum Gasteiger partial charge on any atom is -0.459 e. The summed E-state index contributed by atoms with van der Waals surface area (Å²) < 4.78 is 33.3. The van der Waals surface area contributed by atoms with Gasteiger partial charge in [0.2, 0.25) is 10.0 Å². The molecule has 0 bridgehead atoms. The van der Waals surface area contributed by atoms with Gasteiger partial charge < -0.3 is 4.42 Å². The first-order valence-corrected chi connectivity index (χ1v) is 12.0. The molecule has 0 amide bonds.